The van der Waals surface area contributed by atoms with Crippen molar-refractivity contribution in [2.24, 2.45) is 5.41 Å². The molecule has 0 saturated carbocycles. The van der Waals surface area contributed by atoms with Crippen molar-refractivity contribution >= 4 is 17.6 Å². The van der Waals surface area contributed by atoms with Crippen molar-refractivity contribution in [3.8, 4) is 0 Å². The predicted molar refractivity (Wildman–Crippen MR) is 82.3 cm³/mol. The van der Waals surface area contributed by atoms with Gasteiger partial charge in [-0.15, -0.1) is 0 Å². The van der Waals surface area contributed by atoms with Crippen molar-refractivity contribution in [1.82, 2.24) is 4.90 Å². The molecule has 0 radical (unpaired) electrons. The summed E-state index contributed by atoms with van der Waals surface area (Å²) < 4.78 is 13.4. The molecule has 0 spiro atoms. The molecule has 2 atom stereocenters. The number of carbonyl (C=O) groups is 1. The van der Waals surface area contributed by atoms with Crippen LogP contribution in [0.25, 0.3) is 0 Å². The van der Waals surface area contributed by atoms with E-state index in [-0.39, 0.29) is 12.4 Å². The second-order valence-corrected chi connectivity index (χ2v) is 6.37. The van der Waals surface area contributed by atoms with Crippen LogP contribution in [-0.2, 0) is 11.3 Å². The standard InChI is InChI=1S/C16H21ClFNO3/c1-2-6-16(15(21)22)10-19(7-5-14(16)20)9-11-8-12(18)3-4-13(11)17/h3-4,8,14,20H,2,5-7,9-10H2,1H3,(H,21,22)/t14-,16-/m1/s1. The van der Waals surface area contributed by atoms with Crippen LogP contribution in [0.15, 0.2) is 18.2 Å². The first kappa shape index (κ1) is 17.2. The first-order valence-electron chi connectivity index (χ1n) is 7.47. The Hall–Kier alpha value is -1.17. The molecule has 1 aliphatic heterocycles. The summed E-state index contributed by atoms with van der Waals surface area (Å²) >= 11 is 6.08. The molecule has 6 heteroatoms. The summed E-state index contributed by atoms with van der Waals surface area (Å²) in [6, 6.07) is 4.17. The van der Waals surface area contributed by atoms with E-state index in [1.165, 1.54) is 18.2 Å². The van der Waals surface area contributed by atoms with Gasteiger partial charge in [-0.3, -0.25) is 9.69 Å². The molecule has 0 amide bonds. The molecule has 4 nitrogen and oxygen atoms in total. The Bertz CT molecular complexity index is 554. The maximum absolute atomic E-state index is 13.4. The van der Waals surface area contributed by atoms with Crippen molar-refractivity contribution in [3.63, 3.8) is 0 Å². The summed E-state index contributed by atoms with van der Waals surface area (Å²) in [7, 11) is 0. The number of likely N-dealkylation sites (tertiary alicyclic amines) is 1. The van der Waals surface area contributed by atoms with Crippen LogP contribution in [-0.4, -0.2) is 40.3 Å². The molecule has 1 heterocycles. The van der Waals surface area contributed by atoms with Crippen molar-refractivity contribution < 1.29 is 19.4 Å². The zero-order valence-electron chi connectivity index (χ0n) is 12.6. The van der Waals surface area contributed by atoms with Crippen LogP contribution in [0.5, 0.6) is 0 Å². The zero-order chi connectivity index (χ0) is 16.3. The SMILES string of the molecule is CCC[C@@]1(C(=O)O)CN(Cc2cc(F)ccc2Cl)CC[C@H]1O. The van der Waals surface area contributed by atoms with Crippen LogP contribution in [0.3, 0.4) is 0 Å². The quantitative estimate of drug-likeness (QED) is 0.872. The first-order valence-corrected chi connectivity index (χ1v) is 7.84. The van der Waals surface area contributed by atoms with E-state index in [0.29, 0.717) is 42.9 Å². The number of hydrogen-bond donors (Lipinski definition) is 2. The van der Waals surface area contributed by atoms with E-state index in [4.69, 9.17) is 11.6 Å². The fourth-order valence-electron chi connectivity index (χ4n) is 3.21. The van der Waals surface area contributed by atoms with Crippen LogP contribution in [0.2, 0.25) is 5.02 Å². The maximum Gasteiger partial charge on any atom is 0.313 e. The molecule has 2 N–H and O–H groups in total. The molecule has 0 unspecified atom stereocenters. The number of aliphatic hydroxyl groups is 1. The van der Waals surface area contributed by atoms with Gasteiger partial charge < -0.3 is 10.2 Å². The van der Waals surface area contributed by atoms with Crippen molar-refractivity contribution in [3.05, 3.63) is 34.6 Å². The van der Waals surface area contributed by atoms with Crippen LogP contribution < -0.4 is 0 Å². The lowest BCUT2D eigenvalue weighted by Crippen LogP contribution is -2.55. The zero-order valence-corrected chi connectivity index (χ0v) is 13.3. The Morgan fingerprint density at radius 1 is 1.55 bits per heavy atom. The molecule has 2 rings (SSSR count). The van der Waals surface area contributed by atoms with Crippen LogP contribution >= 0.6 is 11.6 Å². The van der Waals surface area contributed by atoms with Gasteiger partial charge in [0.25, 0.3) is 0 Å². The number of nitrogens with zero attached hydrogens (tertiary/aromatic N) is 1. The van der Waals surface area contributed by atoms with Gasteiger partial charge in [-0.05, 0) is 36.6 Å². The van der Waals surface area contributed by atoms with Crippen molar-refractivity contribution in [1.29, 1.82) is 0 Å². The molecule has 1 saturated heterocycles. The normalized spacial score (nSPS) is 26.1. The topological polar surface area (TPSA) is 60.8 Å². The fraction of sp³-hybridized carbons (Fsp3) is 0.562. The Labute approximate surface area is 134 Å². The predicted octanol–water partition coefficient (Wildman–Crippen LogP) is 2.92. The number of benzene rings is 1. The van der Waals surface area contributed by atoms with E-state index >= 15 is 0 Å². The second-order valence-electron chi connectivity index (χ2n) is 5.96. The number of piperidine rings is 1. The van der Waals surface area contributed by atoms with Crippen LogP contribution in [0.1, 0.15) is 31.7 Å². The molecule has 22 heavy (non-hydrogen) atoms. The van der Waals surface area contributed by atoms with Crippen LogP contribution in [0.4, 0.5) is 4.39 Å². The van der Waals surface area contributed by atoms with E-state index in [2.05, 4.69) is 0 Å². The number of aliphatic hydroxyl groups excluding tert-OH is 1. The van der Waals surface area contributed by atoms with Gasteiger partial charge in [0.1, 0.15) is 11.2 Å². The lowest BCUT2D eigenvalue weighted by atomic mass is 9.74. The Morgan fingerprint density at radius 3 is 2.91 bits per heavy atom. The number of aliphatic carboxylic acids is 1. The van der Waals surface area contributed by atoms with Gasteiger partial charge in [0, 0.05) is 24.7 Å². The summed E-state index contributed by atoms with van der Waals surface area (Å²) in [5.74, 6) is -1.34. The third-order valence-electron chi connectivity index (χ3n) is 4.39. The largest absolute Gasteiger partial charge is 0.481 e. The fourth-order valence-corrected chi connectivity index (χ4v) is 3.39. The third-order valence-corrected chi connectivity index (χ3v) is 4.75. The second kappa shape index (κ2) is 6.94. The maximum atomic E-state index is 13.4. The highest BCUT2D eigenvalue weighted by Gasteiger charge is 2.48. The first-order chi connectivity index (χ1) is 10.4. The monoisotopic (exact) mass is 329 g/mol. The Morgan fingerprint density at radius 2 is 2.27 bits per heavy atom. The molecule has 1 aromatic rings. The minimum Gasteiger partial charge on any atom is -0.481 e. The molecule has 1 aliphatic rings. The summed E-state index contributed by atoms with van der Waals surface area (Å²) in [6.07, 6.45) is 0.623. The van der Waals surface area contributed by atoms with Gasteiger partial charge >= 0.3 is 5.97 Å². The number of halogens is 2. The summed E-state index contributed by atoms with van der Waals surface area (Å²) in [5.41, 5.74) is -0.527. The summed E-state index contributed by atoms with van der Waals surface area (Å²) in [4.78, 5) is 13.7. The van der Waals surface area contributed by atoms with E-state index in [1.54, 1.807) is 0 Å². The van der Waals surface area contributed by atoms with Crippen molar-refractivity contribution in [2.75, 3.05) is 13.1 Å². The molecule has 122 valence electrons. The highest BCUT2D eigenvalue weighted by atomic mass is 35.5. The molecular formula is C16H21ClFNO3. The van der Waals surface area contributed by atoms with Gasteiger partial charge in [-0.1, -0.05) is 24.9 Å². The lowest BCUT2D eigenvalue weighted by Gasteiger charge is -2.43. The van der Waals surface area contributed by atoms with Gasteiger partial charge in [0.2, 0.25) is 0 Å². The smallest absolute Gasteiger partial charge is 0.313 e. The van der Waals surface area contributed by atoms with Gasteiger partial charge in [-0.2, -0.15) is 0 Å². The number of carboxylic acids is 1. The molecule has 1 aromatic carbocycles. The number of carboxylic acid groups (broad SMARTS) is 1. The van der Waals surface area contributed by atoms with E-state index < -0.39 is 17.5 Å². The molecular weight excluding hydrogens is 309 g/mol. The highest BCUT2D eigenvalue weighted by Crippen LogP contribution is 2.36. The van der Waals surface area contributed by atoms with Gasteiger partial charge in [-0.25, -0.2) is 4.39 Å². The molecule has 0 aliphatic carbocycles. The average Bonchev–Trinajstić information content (AvgIpc) is 2.46. The van der Waals surface area contributed by atoms with E-state index in [1.807, 2.05) is 11.8 Å². The van der Waals surface area contributed by atoms with E-state index in [0.717, 1.165) is 0 Å². The molecule has 1 fully saturated rings. The number of rotatable bonds is 5. The highest BCUT2D eigenvalue weighted by molar-refractivity contribution is 6.31. The summed E-state index contributed by atoms with van der Waals surface area (Å²) in [5, 5.41) is 20.3. The van der Waals surface area contributed by atoms with Gasteiger partial charge in [0.15, 0.2) is 0 Å². The Kier molecular flexibility index (Phi) is 5.42. The summed E-state index contributed by atoms with van der Waals surface area (Å²) in [6.45, 7) is 3.08. The van der Waals surface area contributed by atoms with Crippen LogP contribution in [0, 0.1) is 11.2 Å². The number of hydrogen-bond acceptors (Lipinski definition) is 3. The third kappa shape index (κ3) is 3.42. The van der Waals surface area contributed by atoms with Gasteiger partial charge in [0.05, 0.1) is 6.10 Å². The molecule has 0 aromatic heterocycles. The minimum atomic E-state index is -1.16. The minimum absolute atomic E-state index is 0.240. The Balaban J connectivity index is 2.19. The van der Waals surface area contributed by atoms with E-state index in [9.17, 15) is 19.4 Å². The lowest BCUT2D eigenvalue weighted by molar-refractivity contribution is -0.164. The molecule has 0 bridgehead atoms. The van der Waals surface area contributed by atoms with Crippen molar-refractivity contribution in [2.45, 2.75) is 38.8 Å². The average molecular weight is 330 g/mol.